The third kappa shape index (κ3) is 3.21. The molecule has 25 heavy (non-hydrogen) atoms. The molecule has 1 amide bonds. The van der Waals surface area contributed by atoms with E-state index in [4.69, 9.17) is 16.9 Å². The van der Waals surface area contributed by atoms with Crippen LogP contribution in [0.25, 0.3) is 10.9 Å². The molecule has 1 aromatic heterocycles. The Bertz CT molecular complexity index is 1020. The Morgan fingerprint density at radius 2 is 2.04 bits per heavy atom. The summed E-state index contributed by atoms with van der Waals surface area (Å²) in [6.07, 6.45) is 0. The van der Waals surface area contributed by atoms with Gasteiger partial charge in [0, 0.05) is 28.5 Å². The molecule has 0 aliphatic carbocycles. The van der Waals surface area contributed by atoms with E-state index in [0.717, 1.165) is 17.0 Å². The second kappa shape index (κ2) is 6.58. The molecule has 1 N–H and O–H groups in total. The van der Waals surface area contributed by atoms with E-state index in [-0.39, 0.29) is 11.5 Å². The lowest BCUT2D eigenvalue weighted by Gasteiger charge is -2.15. The van der Waals surface area contributed by atoms with Gasteiger partial charge < -0.3 is 9.88 Å². The predicted octanol–water partition coefficient (Wildman–Crippen LogP) is 4.33. The van der Waals surface area contributed by atoms with Crippen LogP contribution in [0.2, 0.25) is 5.02 Å². The molecule has 1 atom stereocenters. The molecule has 1 unspecified atom stereocenters. The number of carbonyl (C=O) groups is 1. The highest BCUT2D eigenvalue weighted by Gasteiger charge is 2.18. The standard InChI is InChI=1S/C19H15ClFN3O/c1-11(15-6-3-12(10-22)7-16(15)21)23-19(25)18-8-13-4-5-14(20)9-17(13)24(18)2/h3-9,11H,1-2H3,(H,23,25). The molecule has 6 heteroatoms. The Morgan fingerprint density at radius 3 is 2.72 bits per heavy atom. The first kappa shape index (κ1) is 17.0. The minimum absolute atomic E-state index is 0.241. The number of halogens is 2. The highest BCUT2D eigenvalue weighted by Crippen LogP contribution is 2.24. The van der Waals surface area contributed by atoms with E-state index in [9.17, 15) is 9.18 Å². The summed E-state index contributed by atoms with van der Waals surface area (Å²) < 4.78 is 15.9. The summed E-state index contributed by atoms with van der Waals surface area (Å²) >= 11 is 6.01. The van der Waals surface area contributed by atoms with Gasteiger partial charge in [-0.15, -0.1) is 0 Å². The van der Waals surface area contributed by atoms with E-state index in [1.54, 1.807) is 36.7 Å². The number of aryl methyl sites for hydroxylation is 1. The Balaban J connectivity index is 1.87. The molecule has 0 saturated heterocycles. The number of carbonyl (C=O) groups excluding carboxylic acids is 1. The number of nitrogens with one attached hydrogen (secondary N) is 1. The fourth-order valence-electron chi connectivity index (χ4n) is 2.82. The van der Waals surface area contributed by atoms with Crippen molar-refractivity contribution in [3.8, 4) is 6.07 Å². The van der Waals surface area contributed by atoms with Crippen LogP contribution in [0, 0.1) is 17.1 Å². The van der Waals surface area contributed by atoms with Crippen LogP contribution in [0.1, 0.15) is 34.6 Å². The summed E-state index contributed by atoms with van der Waals surface area (Å²) in [5.41, 5.74) is 1.87. The third-order valence-electron chi connectivity index (χ3n) is 4.18. The van der Waals surface area contributed by atoms with Crippen molar-refractivity contribution in [1.82, 2.24) is 9.88 Å². The van der Waals surface area contributed by atoms with Gasteiger partial charge in [0.1, 0.15) is 11.5 Å². The molecule has 4 nitrogen and oxygen atoms in total. The van der Waals surface area contributed by atoms with Crippen molar-refractivity contribution in [2.45, 2.75) is 13.0 Å². The normalized spacial score (nSPS) is 12.0. The van der Waals surface area contributed by atoms with E-state index in [0.29, 0.717) is 16.3 Å². The van der Waals surface area contributed by atoms with Crippen molar-refractivity contribution < 1.29 is 9.18 Å². The number of hydrogen-bond donors (Lipinski definition) is 1. The first-order chi connectivity index (χ1) is 11.9. The molecule has 3 rings (SSSR count). The number of benzene rings is 2. The molecule has 0 fully saturated rings. The van der Waals surface area contributed by atoms with Crippen LogP contribution in [0.4, 0.5) is 4.39 Å². The van der Waals surface area contributed by atoms with Gasteiger partial charge in [0.25, 0.3) is 5.91 Å². The topological polar surface area (TPSA) is 57.8 Å². The molecule has 126 valence electrons. The van der Waals surface area contributed by atoms with Crippen molar-refractivity contribution in [3.63, 3.8) is 0 Å². The second-order valence-corrected chi connectivity index (χ2v) is 6.27. The zero-order valence-corrected chi connectivity index (χ0v) is 14.4. The number of aromatic nitrogens is 1. The average Bonchev–Trinajstić information content (AvgIpc) is 2.91. The number of nitrogens with zero attached hydrogens (tertiary/aromatic N) is 2. The van der Waals surface area contributed by atoms with Crippen LogP contribution >= 0.6 is 11.6 Å². The lowest BCUT2D eigenvalue weighted by molar-refractivity contribution is 0.0931. The zero-order chi connectivity index (χ0) is 18.1. The smallest absolute Gasteiger partial charge is 0.268 e. The molecule has 1 heterocycles. The summed E-state index contributed by atoms with van der Waals surface area (Å²) in [4.78, 5) is 12.6. The minimum Gasteiger partial charge on any atom is -0.344 e. The van der Waals surface area contributed by atoms with Crippen LogP contribution in [0.15, 0.2) is 42.5 Å². The summed E-state index contributed by atoms with van der Waals surface area (Å²) in [7, 11) is 1.78. The van der Waals surface area contributed by atoms with Crippen LogP contribution < -0.4 is 5.32 Å². The maximum absolute atomic E-state index is 14.1. The number of hydrogen-bond acceptors (Lipinski definition) is 2. The molecule has 0 bridgehead atoms. The fourth-order valence-corrected chi connectivity index (χ4v) is 2.98. The summed E-state index contributed by atoms with van der Waals surface area (Å²) in [5, 5.41) is 13.1. The molecule has 3 aromatic rings. The van der Waals surface area contributed by atoms with Gasteiger partial charge in [-0.25, -0.2) is 4.39 Å². The van der Waals surface area contributed by atoms with Gasteiger partial charge >= 0.3 is 0 Å². The molecule has 2 aromatic carbocycles. The summed E-state index contributed by atoms with van der Waals surface area (Å²) in [6, 6.07) is 12.7. The van der Waals surface area contributed by atoms with E-state index in [1.165, 1.54) is 12.1 Å². The first-order valence-corrected chi connectivity index (χ1v) is 8.04. The summed E-state index contributed by atoms with van der Waals surface area (Å²) in [5.74, 6) is -0.832. The molecule has 0 aliphatic rings. The molecule has 0 radical (unpaired) electrons. The quantitative estimate of drug-likeness (QED) is 0.760. The van der Waals surface area contributed by atoms with Gasteiger partial charge in [-0.05, 0) is 37.3 Å². The van der Waals surface area contributed by atoms with Crippen molar-refractivity contribution in [3.05, 3.63) is 70.1 Å². The minimum atomic E-state index is -0.540. The average molecular weight is 356 g/mol. The van der Waals surface area contributed by atoms with Crippen molar-refractivity contribution in [1.29, 1.82) is 5.26 Å². The highest BCUT2D eigenvalue weighted by atomic mass is 35.5. The van der Waals surface area contributed by atoms with Gasteiger partial charge in [-0.3, -0.25) is 4.79 Å². The molecule has 0 saturated carbocycles. The van der Waals surface area contributed by atoms with Gasteiger partial charge in [0.15, 0.2) is 0 Å². The maximum Gasteiger partial charge on any atom is 0.268 e. The number of fused-ring (bicyclic) bond motifs is 1. The molecule has 0 spiro atoms. The van der Waals surface area contributed by atoms with E-state index >= 15 is 0 Å². The monoisotopic (exact) mass is 355 g/mol. The lowest BCUT2D eigenvalue weighted by Crippen LogP contribution is -2.28. The zero-order valence-electron chi connectivity index (χ0n) is 13.7. The predicted molar refractivity (Wildman–Crippen MR) is 94.9 cm³/mol. The van der Waals surface area contributed by atoms with Crippen molar-refractivity contribution in [2.75, 3.05) is 0 Å². The number of nitriles is 1. The van der Waals surface area contributed by atoms with Gasteiger partial charge in [0.2, 0.25) is 0 Å². The largest absolute Gasteiger partial charge is 0.344 e. The molecule has 0 aliphatic heterocycles. The second-order valence-electron chi connectivity index (χ2n) is 5.83. The van der Waals surface area contributed by atoms with Crippen molar-refractivity contribution in [2.24, 2.45) is 7.05 Å². The third-order valence-corrected chi connectivity index (χ3v) is 4.42. The highest BCUT2D eigenvalue weighted by molar-refractivity contribution is 6.31. The maximum atomic E-state index is 14.1. The number of rotatable bonds is 3. The van der Waals surface area contributed by atoms with Gasteiger partial charge in [-0.1, -0.05) is 23.7 Å². The van der Waals surface area contributed by atoms with Crippen LogP contribution in [0.3, 0.4) is 0 Å². The van der Waals surface area contributed by atoms with Crippen LogP contribution in [-0.2, 0) is 7.05 Å². The number of amides is 1. The molecular formula is C19H15ClFN3O. The van der Waals surface area contributed by atoms with E-state index in [1.807, 2.05) is 12.1 Å². The van der Waals surface area contributed by atoms with Gasteiger partial charge in [0.05, 0.1) is 17.7 Å². The Hall–Kier alpha value is -2.84. The first-order valence-electron chi connectivity index (χ1n) is 7.66. The Kier molecular flexibility index (Phi) is 4.47. The van der Waals surface area contributed by atoms with Crippen molar-refractivity contribution >= 4 is 28.4 Å². The lowest BCUT2D eigenvalue weighted by atomic mass is 10.1. The van der Waals surface area contributed by atoms with E-state index < -0.39 is 11.9 Å². The van der Waals surface area contributed by atoms with Crippen LogP contribution in [0.5, 0.6) is 0 Å². The fraction of sp³-hybridized carbons (Fsp3) is 0.158. The Morgan fingerprint density at radius 1 is 1.28 bits per heavy atom. The van der Waals surface area contributed by atoms with Crippen LogP contribution in [-0.4, -0.2) is 10.5 Å². The Labute approximate surface area is 149 Å². The van der Waals surface area contributed by atoms with Gasteiger partial charge in [-0.2, -0.15) is 5.26 Å². The van der Waals surface area contributed by atoms with E-state index in [2.05, 4.69) is 5.32 Å². The molecular weight excluding hydrogens is 341 g/mol. The SMILES string of the molecule is CC(NC(=O)c1cc2ccc(Cl)cc2n1C)c1ccc(C#N)cc1F. The summed E-state index contributed by atoms with van der Waals surface area (Å²) in [6.45, 7) is 1.70.